The molecular formula is C13H21NO2. The summed E-state index contributed by atoms with van der Waals surface area (Å²) < 4.78 is 11.4. The SMILES string of the molecule is CNC(c1cc(C)oc1C)C1CCCCO1. The van der Waals surface area contributed by atoms with Crippen molar-refractivity contribution < 1.29 is 9.15 Å². The average Bonchev–Trinajstić information content (AvgIpc) is 2.61. The Morgan fingerprint density at radius 3 is 2.69 bits per heavy atom. The molecule has 1 fully saturated rings. The highest BCUT2D eigenvalue weighted by Gasteiger charge is 2.27. The maximum absolute atomic E-state index is 5.85. The molecule has 1 aliphatic rings. The number of likely N-dealkylation sites (N-methyl/N-ethyl adjacent to an activating group) is 1. The standard InChI is InChI=1S/C13H21NO2/c1-9-8-11(10(2)16-9)13(14-3)12-6-4-5-7-15-12/h8,12-14H,4-7H2,1-3H3. The fourth-order valence-electron chi connectivity index (χ4n) is 2.53. The molecule has 3 nitrogen and oxygen atoms in total. The van der Waals surface area contributed by atoms with Gasteiger partial charge < -0.3 is 14.5 Å². The van der Waals surface area contributed by atoms with E-state index in [-0.39, 0.29) is 12.1 Å². The molecule has 1 N–H and O–H groups in total. The first kappa shape index (κ1) is 11.7. The van der Waals surface area contributed by atoms with Crippen LogP contribution in [0.5, 0.6) is 0 Å². The van der Waals surface area contributed by atoms with Gasteiger partial charge in [0, 0.05) is 12.2 Å². The number of ether oxygens (including phenoxy) is 1. The van der Waals surface area contributed by atoms with Gasteiger partial charge in [0.05, 0.1) is 12.1 Å². The third kappa shape index (κ3) is 2.30. The van der Waals surface area contributed by atoms with Gasteiger partial charge in [-0.1, -0.05) is 0 Å². The van der Waals surface area contributed by atoms with Gasteiger partial charge >= 0.3 is 0 Å². The van der Waals surface area contributed by atoms with Crippen LogP contribution in [0.1, 0.15) is 42.4 Å². The molecule has 0 aliphatic carbocycles. The first-order valence-corrected chi connectivity index (χ1v) is 6.08. The highest BCUT2D eigenvalue weighted by molar-refractivity contribution is 5.25. The second-order valence-electron chi connectivity index (χ2n) is 4.54. The van der Waals surface area contributed by atoms with Crippen LogP contribution >= 0.6 is 0 Å². The molecule has 1 aromatic heterocycles. The minimum Gasteiger partial charge on any atom is -0.466 e. The van der Waals surface area contributed by atoms with E-state index in [4.69, 9.17) is 9.15 Å². The largest absolute Gasteiger partial charge is 0.466 e. The number of rotatable bonds is 3. The molecule has 0 spiro atoms. The van der Waals surface area contributed by atoms with Crippen molar-refractivity contribution >= 4 is 0 Å². The smallest absolute Gasteiger partial charge is 0.105 e. The van der Waals surface area contributed by atoms with Crippen LogP contribution in [0.15, 0.2) is 10.5 Å². The Hall–Kier alpha value is -0.800. The second-order valence-corrected chi connectivity index (χ2v) is 4.54. The van der Waals surface area contributed by atoms with E-state index in [1.165, 1.54) is 18.4 Å². The lowest BCUT2D eigenvalue weighted by molar-refractivity contribution is -0.00689. The number of hydrogen-bond donors (Lipinski definition) is 1. The lowest BCUT2D eigenvalue weighted by Gasteiger charge is -2.30. The predicted molar refractivity (Wildman–Crippen MR) is 63.6 cm³/mol. The third-order valence-electron chi connectivity index (χ3n) is 3.31. The Labute approximate surface area is 97.2 Å². The van der Waals surface area contributed by atoms with Gasteiger partial charge in [-0.05, 0) is 46.2 Å². The highest BCUT2D eigenvalue weighted by atomic mass is 16.5. The quantitative estimate of drug-likeness (QED) is 0.855. The molecule has 0 aromatic carbocycles. The van der Waals surface area contributed by atoms with Gasteiger partial charge in [-0.15, -0.1) is 0 Å². The van der Waals surface area contributed by atoms with Crippen LogP contribution in [0, 0.1) is 13.8 Å². The van der Waals surface area contributed by atoms with Crippen molar-refractivity contribution in [2.75, 3.05) is 13.7 Å². The van der Waals surface area contributed by atoms with E-state index in [9.17, 15) is 0 Å². The van der Waals surface area contributed by atoms with Crippen LogP contribution in [-0.2, 0) is 4.74 Å². The number of aryl methyl sites for hydroxylation is 2. The molecule has 2 unspecified atom stereocenters. The normalized spacial score (nSPS) is 23.3. The first-order chi connectivity index (χ1) is 7.72. The van der Waals surface area contributed by atoms with Crippen molar-refractivity contribution in [2.45, 2.75) is 45.3 Å². The Morgan fingerprint density at radius 2 is 2.19 bits per heavy atom. The molecule has 2 atom stereocenters. The van der Waals surface area contributed by atoms with Gasteiger partial charge in [-0.25, -0.2) is 0 Å². The fraction of sp³-hybridized carbons (Fsp3) is 0.692. The number of furan rings is 1. The molecule has 2 rings (SSSR count). The van der Waals surface area contributed by atoms with E-state index >= 15 is 0 Å². The summed E-state index contributed by atoms with van der Waals surface area (Å²) in [6, 6.07) is 2.38. The van der Waals surface area contributed by atoms with E-state index in [1.54, 1.807) is 0 Å². The van der Waals surface area contributed by atoms with Gasteiger partial charge in [0.2, 0.25) is 0 Å². The molecule has 16 heavy (non-hydrogen) atoms. The predicted octanol–water partition coefficient (Wildman–Crippen LogP) is 2.73. The zero-order chi connectivity index (χ0) is 11.5. The van der Waals surface area contributed by atoms with Crippen molar-refractivity contribution in [1.29, 1.82) is 0 Å². The van der Waals surface area contributed by atoms with Crippen LogP contribution < -0.4 is 5.32 Å². The zero-order valence-electron chi connectivity index (χ0n) is 10.4. The maximum atomic E-state index is 5.85. The maximum Gasteiger partial charge on any atom is 0.105 e. The van der Waals surface area contributed by atoms with Crippen molar-refractivity contribution in [1.82, 2.24) is 5.32 Å². The molecule has 1 saturated heterocycles. The summed E-state index contributed by atoms with van der Waals surface area (Å²) in [5, 5.41) is 3.36. The van der Waals surface area contributed by atoms with Gasteiger partial charge in [0.15, 0.2) is 0 Å². The molecule has 1 aromatic rings. The fourth-order valence-corrected chi connectivity index (χ4v) is 2.53. The van der Waals surface area contributed by atoms with E-state index in [0.29, 0.717) is 0 Å². The highest BCUT2D eigenvalue weighted by Crippen LogP contribution is 2.29. The van der Waals surface area contributed by atoms with Crippen LogP contribution in [0.3, 0.4) is 0 Å². The first-order valence-electron chi connectivity index (χ1n) is 6.08. The zero-order valence-corrected chi connectivity index (χ0v) is 10.4. The Bertz CT molecular complexity index is 340. The van der Waals surface area contributed by atoms with E-state index in [1.807, 2.05) is 20.9 Å². The second kappa shape index (κ2) is 5.02. The van der Waals surface area contributed by atoms with Crippen molar-refractivity contribution in [2.24, 2.45) is 0 Å². The summed E-state index contributed by atoms with van der Waals surface area (Å²) in [6.07, 6.45) is 3.87. The number of nitrogens with one attached hydrogen (secondary N) is 1. The van der Waals surface area contributed by atoms with Gasteiger partial charge in [-0.2, -0.15) is 0 Å². The van der Waals surface area contributed by atoms with Crippen molar-refractivity contribution in [3.8, 4) is 0 Å². The minimum atomic E-state index is 0.262. The summed E-state index contributed by atoms with van der Waals surface area (Å²) in [6.45, 7) is 4.90. The monoisotopic (exact) mass is 223 g/mol. The molecule has 2 heterocycles. The van der Waals surface area contributed by atoms with E-state index < -0.39 is 0 Å². The molecule has 0 saturated carbocycles. The molecular weight excluding hydrogens is 202 g/mol. The van der Waals surface area contributed by atoms with Crippen molar-refractivity contribution in [3.05, 3.63) is 23.2 Å². The van der Waals surface area contributed by atoms with Crippen LogP contribution in [0.2, 0.25) is 0 Å². The summed E-state index contributed by atoms with van der Waals surface area (Å²) in [5.74, 6) is 1.98. The summed E-state index contributed by atoms with van der Waals surface area (Å²) in [7, 11) is 1.99. The summed E-state index contributed by atoms with van der Waals surface area (Å²) in [4.78, 5) is 0. The molecule has 0 bridgehead atoms. The van der Waals surface area contributed by atoms with Crippen molar-refractivity contribution in [3.63, 3.8) is 0 Å². The van der Waals surface area contributed by atoms with Crippen LogP contribution in [0.25, 0.3) is 0 Å². The molecule has 1 aliphatic heterocycles. The van der Waals surface area contributed by atoms with Gasteiger partial charge in [-0.3, -0.25) is 0 Å². The lowest BCUT2D eigenvalue weighted by atomic mass is 9.96. The van der Waals surface area contributed by atoms with Crippen LogP contribution in [0.4, 0.5) is 0 Å². The molecule has 3 heteroatoms. The van der Waals surface area contributed by atoms with Crippen LogP contribution in [-0.4, -0.2) is 19.8 Å². The van der Waals surface area contributed by atoms with Gasteiger partial charge in [0.25, 0.3) is 0 Å². The minimum absolute atomic E-state index is 0.262. The topological polar surface area (TPSA) is 34.4 Å². The van der Waals surface area contributed by atoms with E-state index in [0.717, 1.165) is 24.5 Å². The summed E-state index contributed by atoms with van der Waals surface area (Å²) in [5.41, 5.74) is 1.24. The molecule has 0 amide bonds. The third-order valence-corrected chi connectivity index (χ3v) is 3.31. The lowest BCUT2D eigenvalue weighted by Crippen LogP contribution is -2.34. The summed E-state index contributed by atoms with van der Waals surface area (Å²) >= 11 is 0. The Morgan fingerprint density at radius 1 is 1.38 bits per heavy atom. The van der Waals surface area contributed by atoms with Gasteiger partial charge in [0.1, 0.15) is 11.5 Å². The Balaban J connectivity index is 2.17. The molecule has 90 valence electrons. The Kier molecular flexibility index (Phi) is 3.66. The number of hydrogen-bond acceptors (Lipinski definition) is 3. The van der Waals surface area contributed by atoms with E-state index in [2.05, 4.69) is 11.4 Å². The average molecular weight is 223 g/mol. The molecule has 0 radical (unpaired) electrons.